The minimum atomic E-state index is 0.281. The predicted octanol–water partition coefficient (Wildman–Crippen LogP) is 5.67. The Labute approximate surface area is 135 Å². The molecule has 0 radical (unpaired) electrons. The fraction of sp³-hybridized carbons (Fsp3) is 0.333. The summed E-state index contributed by atoms with van der Waals surface area (Å²) in [5.74, 6) is 0. The molecular weight excluding hydrogens is 386 g/mol. The van der Waals surface area contributed by atoms with Gasteiger partial charge in [-0.2, -0.15) is 0 Å². The molecule has 19 heavy (non-hydrogen) atoms. The van der Waals surface area contributed by atoms with Crippen molar-refractivity contribution < 1.29 is 0 Å². The first-order valence-electron chi connectivity index (χ1n) is 6.36. The monoisotopic (exact) mass is 401 g/mol. The molecule has 1 nitrogen and oxygen atoms in total. The first-order valence-corrected chi connectivity index (χ1v) is 8.76. The molecule has 1 atom stereocenters. The maximum Gasteiger partial charge on any atom is 0.0702 e. The minimum Gasteiger partial charge on any atom is -0.306 e. The summed E-state index contributed by atoms with van der Waals surface area (Å²) in [6.45, 7) is 5.35. The van der Waals surface area contributed by atoms with Crippen molar-refractivity contribution in [2.45, 2.75) is 26.3 Å². The maximum absolute atomic E-state index is 3.64. The van der Waals surface area contributed by atoms with Crippen molar-refractivity contribution >= 4 is 43.2 Å². The van der Waals surface area contributed by atoms with Crippen molar-refractivity contribution in [2.75, 3.05) is 6.54 Å². The van der Waals surface area contributed by atoms with E-state index in [1.807, 2.05) is 0 Å². The number of halogens is 2. The maximum atomic E-state index is 3.64. The quantitative estimate of drug-likeness (QED) is 0.679. The number of hydrogen-bond donors (Lipinski definition) is 1. The average molecular weight is 403 g/mol. The molecule has 0 aliphatic carbocycles. The van der Waals surface area contributed by atoms with E-state index in [-0.39, 0.29) is 6.04 Å². The fourth-order valence-electron chi connectivity index (χ4n) is 2.00. The standard InChI is InChI=1S/C15H17Br2NS/c1-3-8-18-15(13-6-7-14(17)19-13)11-4-5-12(16)10(2)9-11/h4-7,9,15,18H,3,8H2,1-2H3. The predicted molar refractivity (Wildman–Crippen MR) is 91.0 cm³/mol. The van der Waals surface area contributed by atoms with Gasteiger partial charge in [-0.3, -0.25) is 0 Å². The molecule has 1 aromatic carbocycles. The average Bonchev–Trinajstić information content (AvgIpc) is 2.80. The zero-order valence-corrected chi connectivity index (χ0v) is 15.0. The van der Waals surface area contributed by atoms with Gasteiger partial charge in [-0.05, 0) is 65.1 Å². The summed E-state index contributed by atoms with van der Waals surface area (Å²) in [6.07, 6.45) is 1.14. The first-order chi connectivity index (χ1) is 9.11. The number of benzene rings is 1. The van der Waals surface area contributed by atoms with Gasteiger partial charge in [0.05, 0.1) is 9.83 Å². The Bertz CT molecular complexity index is 551. The molecule has 0 saturated heterocycles. The minimum absolute atomic E-state index is 0.281. The Morgan fingerprint density at radius 3 is 2.58 bits per heavy atom. The smallest absolute Gasteiger partial charge is 0.0702 e. The van der Waals surface area contributed by atoms with Gasteiger partial charge in [0.2, 0.25) is 0 Å². The van der Waals surface area contributed by atoms with E-state index in [9.17, 15) is 0 Å². The molecule has 0 saturated carbocycles. The van der Waals surface area contributed by atoms with Gasteiger partial charge < -0.3 is 5.32 Å². The van der Waals surface area contributed by atoms with Crippen LogP contribution in [0.3, 0.4) is 0 Å². The lowest BCUT2D eigenvalue weighted by Gasteiger charge is -2.18. The van der Waals surface area contributed by atoms with Gasteiger partial charge in [-0.1, -0.05) is 35.0 Å². The van der Waals surface area contributed by atoms with Crippen LogP contribution in [0.2, 0.25) is 0 Å². The molecular formula is C15H17Br2NS. The zero-order valence-electron chi connectivity index (χ0n) is 11.0. The molecule has 1 heterocycles. The summed E-state index contributed by atoms with van der Waals surface area (Å²) in [4.78, 5) is 1.35. The molecule has 102 valence electrons. The Hall–Kier alpha value is -0.160. The highest BCUT2D eigenvalue weighted by Gasteiger charge is 2.15. The Kier molecular flexibility index (Phi) is 5.63. The van der Waals surface area contributed by atoms with Crippen molar-refractivity contribution in [3.05, 3.63) is 54.6 Å². The SMILES string of the molecule is CCCNC(c1ccc(Br)c(C)c1)c1ccc(Br)s1. The van der Waals surface area contributed by atoms with E-state index in [1.54, 1.807) is 11.3 Å². The van der Waals surface area contributed by atoms with Crippen LogP contribution < -0.4 is 5.32 Å². The summed E-state index contributed by atoms with van der Waals surface area (Å²) >= 11 is 8.91. The lowest BCUT2D eigenvalue weighted by atomic mass is 10.0. The molecule has 1 unspecified atom stereocenters. The molecule has 2 aromatic rings. The normalized spacial score (nSPS) is 12.6. The lowest BCUT2D eigenvalue weighted by Crippen LogP contribution is -2.22. The number of nitrogens with one attached hydrogen (secondary N) is 1. The Balaban J connectivity index is 2.33. The second kappa shape index (κ2) is 7.02. The third-order valence-electron chi connectivity index (χ3n) is 2.99. The molecule has 1 aromatic heterocycles. The van der Waals surface area contributed by atoms with E-state index in [2.05, 4.69) is 81.4 Å². The molecule has 0 spiro atoms. The lowest BCUT2D eigenvalue weighted by molar-refractivity contribution is 0.605. The summed E-state index contributed by atoms with van der Waals surface area (Å²) in [7, 11) is 0. The van der Waals surface area contributed by atoms with Crippen LogP contribution in [-0.4, -0.2) is 6.54 Å². The molecule has 0 fully saturated rings. The van der Waals surface area contributed by atoms with Gasteiger partial charge in [-0.15, -0.1) is 11.3 Å². The Morgan fingerprint density at radius 2 is 2.00 bits per heavy atom. The summed E-state index contributed by atoms with van der Waals surface area (Å²) in [6, 6.07) is 11.2. The second-order valence-electron chi connectivity index (χ2n) is 4.54. The second-order valence-corrected chi connectivity index (χ2v) is 7.89. The number of hydrogen-bond acceptors (Lipinski definition) is 2. The number of rotatable bonds is 5. The topological polar surface area (TPSA) is 12.0 Å². The van der Waals surface area contributed by atoms with E-state index in [4.69, 9.17) is 0 Å². The molecule has 0 amide bonds. The number of aryl methyl sites for hydroxylation is 1. The van der Waals surface area contributed by atoms with E-state index in [0.29, 0.717) is 0 Å². The van der Waals surface area contributed by atoms with E-state index in [1.165, 1.54) is 19.8 Å². The molecule has 0 aliphatic heterocycles. The molecule has 0 aliphatic rings. The van der Waals surface area contributed by atoms with E-state index in [0.717, 1.165) is 17.4 Å². The van der Waals surface area contributed by atoms with Crippen LogP contribution in [0.1, 0.15) is 35.4 Å². The van der Waals surface area contributed by atoms with Gasteiger partial charge in [0, 0.05) is 9.35 Å². The third-order valence-corrected chi connectivity index (χ3v) is 5.57. The molecule has 4 heteroatoms. The van der Waals surface area contributed by atoms with Gasteiger partial charge >= 0.3 is 0 Å². The van der Waals surface area contributed by atoms with Crippen molar-refractivity contribution in [1.29, 1.82) is 0 Å². The number of thiophene rings is 1. The van der Waals surface area contributed by atoms with Crippen LogP contribution in [0, 0.1) is 6.92 Å². The first kappa shape index (κ1) is 15.2. The van der Waals surface area contributed by atoms with Gasteiger partial charge in [-0.25, -0.2) is 0 Å². The van der Waals surface area contributed by atoms with Crippen molar-refractivity contribution in [1.82, 2.24) is 5.32 Å². The van der Waals surface area contributed by atoms with Crippen molar-refractivity contribution in [3.63, 3.8) is 0 Å². The van der Waals surface area contributed by atoms with Gasteiger partial charge in [0.1, 0.15) is 0 Å². The van der Waals surface area contributed by atoms with E-state index < -0.39 is 0 Å². The van der Waals surface area contributed by atoms with Gasteiger partial charge in [0.15, 0.2) is 0 Å². The summed E-state index contributed by atoms with van der Waals surface area (Å²) in [5.41, 5.74) is 2.60. The van der Waals surface area contributed by atoms with Crippen LogP contribution in [-0.2, 0) is 0 Å². The highest BCUT2D eigenvalue weighted by atomic mass is 79.9. The third kappa shape index (κ3) is 3.91. The van der Waals surface area contributed by atoms with Crippen LogP contribution in [0.4, 0.5) is 0 Å². The summed E-state index contributed by atoms with van der Waals surface area (Å²) < 4.78 is 2.34. The van der Waals surface area contributed by atoms with Gasteiger partial charge in [0.25, 0.3) is 0 Å². The largest absolute Gasteiger partial charge is 0.306 e. The van der Waals surface area contributed by atoms with Crippen LogP contribution in [0.5, 0.6) is 0 Å². The summed E-state index contributed by atoms with van der Waals surface area (Å²) in [5, 5.41) is 3.64. The fourth-order valence-corrected chi connectivity index (χ4v) is 3.78. The highest BCUT2D eigenvalue weighted by Crippen LogP contribution is 2.32. The van der Waals surface area contributed by atoms with Crippen molar-refractivity contribution in [2.24, 2.45) is 0 Å². The molecule has 0 bridgehead atoms. The van der Waals surface area contributed by atoms with E-state index >= 15 is 0 Å². The highest BCUT2D eigenvalue weighted by molar-refractivity contribution is 9.11. The molecule has 1 N–H and O–H groups in total. The van der Waals surface area contributed by atoms with Crippen LogP contribution in [0.25, 0.3) is 0 Å². The van der Waals surface area contributed by atoms with Crippen LogP contribution in [0.15, 0.2) is 38.6 Å². The molecule has 2 rings (SSSR count). The van der Waals surface area contributed by atoms with Crippen LogP contribution >= 0.6 is 43.2 Å². The Morgan fingerprint density at radius 1 is 1.21 bits per heavy atom. The van der Waals surface area contributed by atoms with Crippen molar-refractivity contribution in [3.8, 4) is 0 Å². The zero-order chi connectivity index (χ0) is 13.8.